The van der Waals surface area contributed by atoms with Gasteiger partial charge >= 0.3 is 0 Å². The molecule has 16 N–H and O–H groups in total. The van der Waals surface area contributed by atoms with Crippen molar-refractivity contribution >= 4 is 0 Å². The Hall–Kier alpha value is -1.38. The summed E-state index contributed by atoms with van der Waals surface area (Å²) in [5.41, 5.74) is 1.02. The van der Waals surface area contributed by atoms with E-state index >= 15 is 0 Å². The lowest BCUT2D eigenvalue weighted by Gasteiger charge is -2.59. The average Bonchev–Trinajstić information content (AvgIpc) is 2.52. The molecule has 0 bridgehead atoms. The van der Waals surface area contributed by atoms with Gasteiger partial charge in [-0.05, 0) is 79.4 Å². The maximum Gasteiger partial charge on any atom is 0.187 e. The molecule has 1 unspecified atom stereocenters. The Morgan fingerprint density at radius 2 is 1.10 bits per heavy atom. The fraction of sp³-hybridized carbons (Fsp3) is 0.964. The normalized spacial score (nSPS) is 56.8. The number of ether oxygens (including phenoxy) is 12. The van der Waals surface area contributed by atoms with E-state index in [2.05, 4.69) is 26.8 Å². The van der Waals surface area contributed by atoms with Gasteiger partial charge in [0.2, 0.25) is 0 Å². The van der Waals surface area contributed by atoms with Crippen molar-refractivity contribution in [1.82, 2.24) is 0 Å². The van der Waals surface area contributed by atoms with Crippen molar-refractivity contribution in [3.63, 3.8) is 0 Å². The van der Waals surface area contributed by atoms with Crippen LogP contribution < -0.4 is 0 Å². The predicted molar refractivity (Wildman–Crippen MR) is 276 cm³/mol. The molecule has 1 spiro atoms. The quantitative estimate of drug-likeness (QED) is 0.0721. The fourth-order valence-electron chi connectivity index (χ4n) is 16.8. The van der Waals surface area contributed by atoms with Gasteiger partial charge in [-0.3, -0.25) is 0 Å². The summed E-state index contributed by atoms with van der Waals surface area (Å²) >= 11 is 0. The van der Waals surface area contributed by atoms with Crippen LogP contribution in [0.5, 0.6) is 0 Å². The largest absolute Gasteiger partial charge is 0.394 e. The number of aliphatic hydroxyl groups is 16. The molecular formula is C56H90O28. The summed E-state index contributed by atoms with van der Waals surface area (Å²) < 4.78 is 73.7. The first-order valence-electron chi connectivity index (χ1n) is 30.0. The van der Waals surface area contributed by atoms with Crippen LogP contribution in [0.4, 0.5) is 0 Å². The van der Waals surface area contributed by atoms with Gasteiger partial charge in [0.15, 0.2) is 37.2 Å². The van der Waals surface area contributed by atoms with Crippen LogP contribution in [0.1, 0.15) is 79.1 Å². The Kier molecular flexibility index (Phi) is 19.1. The lowest BCUT2D eigenvalue weighted by molar-refractivity contribution is -0.403. The molecule has 3 saturated carbocycles. The van der Waals surface area contributed by atoms with E-state index in [0.717, 1.165) is 32.1 Å². The summed E-state index contributed by atoms with van der Waals surface area (Å²) in [6.45, 7) is 5.59. The molecule has 7 aliphatic heterocycles. The van der Waals surface area contributed by atoms with E-state index in [4.69, 9.17) is 56.8 Å². The molecule has 0 amide bonds. The Labute approximate surface area is 485 Å². The minimum atomic E-state index is -2.03. The maximum atomic E-state index is 11.9. The van der Waals surface area contributed by atoms with Crippen molar-refractivity contribution in [3.8, 4) is 0 Å². The van der Waals surface area contributed by atoms with Gasteiger partial charge in [0.05, 0.1) is 58.0 Å². The average molecular weight is 1210 g/mol. The minimum absolute atomic E-state index is 0.00850. The molecule has 482 valence electrons. The van der Waals surface area contributed by atoms with Gasteiger partial charge in [0, 0.05) is 18.3 Å². The van der Waals surface area contributed by atoms with E-state index in [1.807, 2.05) is 6.92 Å². The first-order valence-corrected chi connectivity index (χ1v) is 30.0. The van der Waals surface area contributed by atoms with Crippen molar-refractivity contribution in [1.29, 1.82) is 0 Å². The molecular weight excluding hydrogens is 1120 g/mol. The summed E-state index contributed by atoms with van der Waals surface area (Å²) in [4.78, 5) is 0. The molecule has 4 aliphatic carbocycles. The van der Waals surface area contributed by atoms with Gasteiger partial charge < -0.3 is 139 Å². The minimum Gasteiger partial charge on any atom is -0.394 e. The molecule has 7 heterocycles. The fourth-order valence-corrected chi connectivity index (χ4v) is 16.8. The SMILES string of the molecule is C[C@@H]1CO[C@]2(C[C@@H]1O[C@@H]1O[C@H](CO)[C@@H](O)[C@H](O)[C@H]1O)O[C@H]1C[C@H]3[C@@H]4CC=C5C[C@@H](O[C@@H]6O[C@H](CO)[C@H](O[C@@H]7O[C@H](CO)[C@@H](O)[C@H](O[C@@H]8OC[C@@H](O)C(O)[C@H]8O)[C@H]7O[C@@H]7O[C@H](CO)[C@@H](O)[C@H](O)[C@H]7O)[C@H](O)[C@H]6O)CC[C@]5(C)[C@H]4CC[C@]3(C)[C@H]1[C@@H]2C. The van der Waals surface area contributed by atoms with Gasteiger partial charge in [0.1, 0.15) is 116 Å². The summed E-state index contributed by atoms with van der Waals surface area (Å²) in [6, 6.07) is 0. The van der Waals surface area contributed by atoms with Gasteiger partial charge in [0.25, 0.3) is 0 Å². The van der Waals surface area contributed by atoms with Gasteiger partial charge in [-0.2, -0.15) is 0 Å². The van der Waals surface area contributed by atoms with Gasteiger partial charge in [-0.15, -0.1) is 0 Å². The number of allylic oxidation sites excluding steroid dienone is 1. The third kappa shape index (κ3) is 11.1. The van der Waals surface area contributed by atoms with Crippen LogP contribution in [0.25, 0.3) is 0 Å². The van der Waals surface area contributed by atoms with Crippen molar-refractivity contribution in [2.45, 2.75) is 251 Å². The van der Waals surface area contributed by atoms with E-state index < -0.39 is 198 Å². The highest BCUT2D eigenvalue weighted by molar-refractivity contribution is 5.27. The van der Waals surface area contributed by atoms with Crippen LogP contribution in [0.15, 0.2) is 11.6 Å². The summed E-state index contributed by atoms with van der Waals surface area (Å²) in [5.74, 6) is 0.240. The Morgan fingerprint density at radius 1 is 0.536 bits per heavy atom. The first-order chi connectivity index (χ1) is 39.9. The predicted octanol–water partition coefficient (Wildman–Crippen LogP) is -5.56. The molecule has 0 aromatic heterocycles. The highest BCUT2D eigenvalue weighted by Crippen LogP contribution is 2.71. The van der Waals surface area contributed by atoms with E-state index in [1.54, 1.807) is 0 Å². The maximum absolute atomic E-state index is 11.9. The Bertz CT molecular complexity index is 2250. The topological polar surface area (TPSA) is 434 Å². The molecule has 36 atom stereocenters. The second-order valence-electron chi connectivity index (χ2n) is 26.4. The van der Waals surface area contributed by atoms with E-state index in [-0.39, 0.29) is 34.7 Å². The first kappa shape index (κ1) is 64.2. The summed E-state index contributed by atoms with van der Waals surface area (Å²) in [6.07, 6.45) is -33.4. The second-order valence-corrected chi connectivity index (χ2v) is 26.4. The number of rotatable bonds is 14. The second kappa shape index (κ2) is 25.0. The smallest absolute Gasteiger partial charge is 0.187 e. The lowest BCUT2D eigenvalue weighted by atomic mass is 9.47. The Balaban J connectivity index is 0.747. The molecule has 0 radical (unpaired) electrons. The third-order valence-corrected chi connectivity index (χ3v) is 21.7. The molecule has 11 aliphatic rings. The number of hydrogen-bond acceptors (Lipinski definition) is 28. The molecule has 11 rings (SSSR count). The van der Waals surface area contributed by atoms with Gasteiger partial charge in [-0.1, -0.05) is 39.3 Å². The monoisotopic (exact) mass is 1210 g/mol. The van der Waals surface area contributed by atoms with E-state index in [0.29, 0.717) is 43.6 Å². The summed E-state index contributed by atoms with van der Waals surface area (Å²) in [7, 11) is 0. The number of hydrogen-bond donors (Lipinski definition) is 16. The van der Waals surface area contributed by atoms with E-state index in [1.165, 1.54) is 5.57 Å². The van der Waals surface area contributed by atoms with Crippen LogP contribution in [0.2, 0.25) is 0 Å². The summed E-state index contributed by atoms with van der Waals surface area (Å²) in [5, 5.41) is 171. The van der Waals surface area contributed by atoms with Crippen LogP contribution in [0, 0.1) is 46.3 Å². The zero-order valence-corrected chi connectivity index (χ0v) is 47.6. The van der Waals surface area contributed by atoms with E-state index in [9.17, 15) is 81.7 Å². The zero-order chi connectivity index (χ0) is 60.2. The molecule has 0 aromatic rings. The van der Waals surface area contributed by atoms with Crippen molar-refractivity contribution in [3.05, 3.63) is 11.6 Å². The van der Waals surface area contributed by atoms with Crippen molar-refractivity contribution in [2.24, 2.45) is 46.3 Å². The Morgan fingerprint density at radius 3 is 1.75 bits per heavy atom. The van der Waals surface area contributed by atoms with Crippen LogP contribution in [-0.2, 0) is 56.8 Å². The zero-order valence-electron chi connectivity index (χ0n) is 47.6. The molecule has 28 heteroatoms. The standard InChI is InChI=1S/C56H90O28/c1-20-18-74-56(13-29(20)76-51-43(70)39(66)36(63)30(14-57)77-51)21(2)34-28(84-56)12-26-24-6-5-22-11-23(7-9-54(22,3)25(24)8-10-55(26,34)4)75-50-45(72)41(68)46(33(17-60)80-50)81-53-48(83-52-44(71)40(67)37(64)31(15-58)78-52)47(38(65)32(16-59)79-53)82-49-42(69)35(62)27(61)19-73-49/h5,20-21,23-53,57-72H,6-19H2,1-4H3/t20-,21+,23+,24-,25+,26+,27-,28+,29+,30-,31-,32-,33-,34+,35?,36-,37-,38-,39+,40+,41-,42-,43-,44-,45-,46+,47+,48-,49+,50-,51-,52+,53+,54+,55+,56-/m1/s1. The third-order valence-electron chi connectivity index (χ3n) is 21.7. The number of aliphatic hydroxyl groups excluding tert-OH is 16. The van der Waals surface area contributed by atoms with Gasteiger partial charge in [-0.25, -0.2) is 0 Å². The molecule has 84 heavy (non-hydrogen) atoms. The van der Waals surface area contributed by atoms with Crippen molar-refractivity contribution < 1.29 is 139 Å². The lowest BCUT2D eigenvalue weighted by Crippen LogP contribution is -2.68. The highest BCUT2D eigenvalue weighted by atomic mass is 16.8. The molecule has 7 saturated heterocycles. The molecule has 10 fully saturated rings. The van der Waals surface area contributed by atoms with Crippen LogP contribution in [0.3, 0.4) is 0 Å². The molecule has 28 nitrogen and oxygen atoms in total. The molecule has 0 aromatic carbocycles. The van der Waals surface area contributed by atoms with Crippen molar-refractivity contribution in [2.75, 3.05) is 39.6 Å². The van der Waals surface area contributed by atoms with Crippen LogP contribution >= 0.6 is 0 Å². The number of fused-ring (bicyclic) bond motifs is 7. The highest BCUT2D eigenvalue weighted by Gasteiger charge is 2.70. The van der Waals surface area contributed by atoms with Crippen LogP contribution in [-0.4, -0.2) is 293 Å².